The van der Waals surface area contributed by atoms with Gasteiger partial charge in [0, 0.05) is 10.4 Å². The van der Waals surface area contributed by atoms with E-state index < -0.39 is 12.6 Å². The smallest absolute Gasteiger partial charge is 0.341 e. The molecule has 1 N–H and O–H groups in total. The molecule has 0 radical (unpaired) electrons. The van der Waals surface area contributed by atoms with E-state index in [0.29, 0.717) is 22.5 Å². The van der Waals surface area contributed by atoms with Crippen molar-refractivity contribution in [2.24, 2.45) is 5.10 Å². The van der Waals surface area contributed by atoms with Gasteiger partial charge in [0.1, 0.15) is 11.6 Å². The number of aliphatic carboxylic acids is 1. The van der Waals surface area contributed by atoms with Crippen molar-refractivity contribution in [3.8, 4) is 5.75 Å². The van der Waals surface area contributed by atoms with Crippen LogP contribution in [0.5, 0.6) is 5.75 Å². The number of hydrogen-bond acceptors (Lipinski definition) is 5. The molecule has 0 bridgehead atoms. The first-order valence-corrected chi connectivity index (χ1v) is 9.89. The molecule has 150 valence electrons. The van der Waals surface area contributed by atoms with E-state index >= 15 is 0 Å². The molecule has 0 fully saturated rings. The summed E-state index contributed by atoms with van der Waals surface area (Å²) in [6.45, 7) is 3.64. The van der Waals surface area contributed by atoms with E-state index in [1.165, 1.54) is 4.68 Å². The number of aromatic nitrogens is 2. The predicted octanol–water partition coefficient (Wildman–Crippen LogP) is 4.02. The summed E-state index contributed by atoms with van der Waals surface area (Å²) >= 11 is 3.39. The highest BCUT2D eigenvalue weighted by Crippen LogP contribution is 2.21. The van der Waals surface area contributed by atoms with Crippen molar-refractivity contribution < 1.29 is 14.6 Å². The minimum atomic E-state index is -1.04. The first-order valence-electron chi connectivity index (χ1n) is 9.10. The van der Waals surface area contributed by atoms with Crippen LogP contribution in [0, 0.1) is 0 Å². The molecule has 7 nitrogen and oxygen atoms in total. The summed E-state index contributed by atoms with van der Waals surface area (Å²) in [5.74, 6) is 0.0620. The molecule has 3 rings (SSSR count). The fraction of sp³-hybridized carbons (Fsp3) is 0.238. The van der Waals surface area contributed by atoms with Crippen molar-refractivity contribution in [2.45, 2.75) is 26.2 Å². The number of ether oxygens (including phenoxy) is 1. The molecular weight excluding hydrogens is 438 g/mol. The number of carbonyl (C=O) groups is 1. The van der Waals surface area contributed by atoms with Crippen LogP contribution in [0.25, 0.3) is 10.9 Å². The Morgan fingerprint density at radius 1 is 1.31 bits per heavy atom. The van der Waals surface area contributed by atoms with Gasteiger partial charge in [-0.2, -0.15) is 9.78 Å². The highest BCUT2D eigenvalue weighted by molar-refractivity contribution is 9.10. The lowest BCUT2D eigenvalue weighted by atomic mass is 10.1. The second kappa shape index (κ2) is 9.00. The molecule has 0 aliphatic carbocycles. The molecule has 3 aromatic rings. The van der Waals surface area contributed by atoms with Gasteiger partial charge in [-0.15, -0.1) is 0 Å². The van der Waals surface area contributed by atoms with Crippen molar-refractivity contribution in [1.82, 2.24) is 9.66 Å². The number of rotatable bonds is 7. The van der Waals surface area contributed by atoms with Crippen molar-refractivity contribution >= 4 is 39.0 Å². The number of halogens is 1. The molecule has 1 heterocycles. The largest absolute Gasteiger partial charge is 0.482 e. The van der Waals surface area contributed by atoms with Gasteiger partial charge in [-0.05, 0) is 54.4 Å². The molecule has 0 amide bonds. The first-order chi connectivity index (χ1) is 13.9. The Labute approximate surface area is 175 Å². The summed E-state index contributed by atoms with van der Waals surface area (Å²) in [6, 6.07) is 12.2. The third kappa shape index (κ3) is 4.89. The molecule has 0 unspecified atom stereocenters. The average Bonchev–Trinajstić information content (AvgIpc) is 2.72. The highest BCUT2D eigenvalue weighted by atomic mass is 79.9. The van der Waals surface area contributed by atoms with Gasteiger partial charge in [-0.25, -0.2) is 9.78 Å². The predicted molar refractivity (Wildman–Crippen MR) is 115 cm³/mol. The molecule has 0 aliphatic rings. The lowest BCUT2D eigenvalue weighted by molar-refractivity contribution is -0.139. The average molecular weight is 458 g/mol. The Balaban J connectivity index is 1.98. The monoisotopic (exact) mass is 457 g/mol. The van der Waals surface area contributed by atoms with Gasteiger partial charge in [0.15, 0.2) is 6.61 Å². The summed E-state index contributed by atoms with van der Waals surface area (Å²) in [5, 5.41) is 13.5. The van der Waals surface area contributed by atoms with Crippen LogP contribution < -0.4 is 10.3 Å². The van der Waals surface area contributed by atoms with Crippen molar-refractivity contribution in [3.63, 3.8) is 0 Å². The molecule has 8 heteroatoms. The van der Waals surface area contributed by atoms with Crippen LogP contribution in [0.1, 0.15) is 37.6 Å². The second-order valence-electron chi connectivity index (χ2n) is 6.55. The summed E-state index contributed by atoms with van der Waals surface area (Å²) in [7, 11) is 0. The highest BCUT2D eigenvalue weighted by Gasteiger charge is 2.15. The zero-order valence-electron chi connectivity index (χ0n) is 16.0. The number of carboxylic acids is 1. The number of nitrogens with zero attached hydrogens (tertiary/aromatic N) is 3. The fourth-order valence-electron chi connectivity index (χ4n) is 2.70. The molecular formula is C21H20BrN3O4. The Morgan fingerprint density at radius 3 is 2.69 bits per heavy atom. The lowest BCUT2D eigenvalue weighted by Gasteiger charge is -2.14. The molecule has 1 atom stereocenters. The number of benzene rings is 2. The molecule has 0 aliphatic heterocycles. The maximum Gasteiger partial charge on any atom is 0.341 e. The van der Waals surface area contributed by atoms with Crippen LogP contribution in [-0.2, 0) is 4.79 Å². The van der Waals surface area contributed by atoms with Gasteiger partial charge >= 0.3 is 5.97 Å². The fourth-order valence-corrected chi connectivity index (χ4v) is 3.06. The summed E-state index contributed by atoms with van der Waals surface area (Å²) in [5.41, 5.74) is 1.15. The quantitative estimate of drug-likeness (QED) is 0.540. The standard InChI is InChI=1S/C21H20BrN3O4/c1-3-13(2)20-24-18-9-6-15(22)10-17(18)21(28)25(20)23-11-14-4-7-16(8-5-14)29-12-19(26)27/h4-11,13H,3,12H2,1-2H3,(H,26,27)/t13-/m0/s1. The molecule has 0 saturated heterocycles. The van der Waals surface area contributed by atoms with E-state index in [-0.39, 0.29) is 11.5 Å². The Hall–Kier alpha value is -3.00. The summed E-state index contributed by atoms with van der Waals surface area (Å²) in [6.07, 6.45) is 2.39. The summed E-state index contributed by atoms with van der Waals surface area (Å²) in [4.78, 5) is 28.3. The van der Waals surface area contributed by atoms with Crippen LogP contribution in [0.2, 0.25) is 0 Å². The topological polar surface area (TPSA) is 93.8 Å². The SMILES string of the molecule is CC[C@H](C)c1nc2ccc(Br)cc2c(=O)n1N=Cc1ccc(OCC(=O)O)cc1. The second-order valence-corrected chi connectivity index (χ2v) is 7.47. The van der Waals surface area contributed by atoms with Gasteiger partial charge in [0.05, 0.1) is 17.1 Å². The Bertz CT molecular complexity index is 1120. The van der Waals surface area contributed by atoms with Crippen LogP contribution in [0.15, 0.2) is 56.8 Å². The third-order valence-corrected chi connectivity index (χ3v) is 4.94. The van der Waals surface area contributed by atoms with Crippen LogP contribution >= 0.6 is 15.9 Å². The normalized spacial score (nSPS) is 12.4. The summed E-state index contributed by atoms with van der Waals surface area (Å²) < 4.78 is 7.26. The maximum absolute atomic E-state index is 13.1. The van der Waals surface area contributed by atoms with E-state index in [1.807, 2.05) is 26.0 Å². The minimum absolute atomic E-state index is 0.0553. The molecule has 2 aromatic carbocycles. The lowest BCUT2D eigenvalue weighted by Crippen LogP contribution is -2.23. The van der Waals surface area contributed by atoms with Gasteiger partial charge in [-0.1, -0.05) is 29.8 Å². The molecule has 0 spiro atoms. The van der Waals surface area contributed by atoms with Crippen LogP contribution in [0.3, 0.4) is 0 Å². The first kappa shape index (κ1) is 20.7. The van der Waals surface area contributed by atoms with E-state index in [0.717, 1.165) is 16.5 Å². The van der Waals surface area contributed by atoms with Gasteiger partial charge < -0.3 is 9.84 Å². The van der Waals surface area contributed by atoms with Crippen molar-refractivity contribution in [1.29, 1.82) is 0 Å². The maximum atomic E-state index is 13.1. The van der Waals surface area contributed by atoms with Crippen LogP contribution in [0.4, 0.5) is 0 Å². The number of hydrogen-bond donors (Lipinski definition) is 1. The molecule has 0 saturated carbocycles. The zero-order valence-corrected chi connectivity index (χ0v) is 17.6. The van der Waals surface area contributed by atoms with Crippen molar-refractivity contribution in [2.75, 3.05) is 6.61 Å². The third-order valence-electron chi connectivity index (χ3n) is 4.45. The van der Waals surface area contributed by atoms with Gasteiger partial charge in [-0.3, -0.25) is 4.79 Å². The number of carboxylic acid groups (broad SMARTS) is 1. The number of fused-ring (bicyclic) bond motifs is 1. The minimum Gasteiger partial charge on any atom is -0.482 e. The van der Waals surface area contributed by atoms with E-state index in [2.05, 4.69) is 26.0 Å². The Morgan fingerprint density at radius 2 is 2.03 bits per heavy atom. The van der Waals surface area contributed by atoms with E-state index in [1.54, 1.807) is 36.5 Å². The van der Waals surface area contributed by atoms with E-state index in [4.69, 9.17) is 9.84 Å². The van der Waals surface area contributed by atoms with Gasteiger partial charge in [0.25, 0.3) is 5.56 Å². The van der Waals surface area contributed by atoms with Crippen molar-refractivity contribution in [3.05, 3.63) is 68.7 Å². The van der Waals surface area contributed by atoms with Gasteiger partial charge in [0.2, 0.25) is 0 Å². The van der Waals surface area contributed by atoms with E-state index in [9.17, 15) is 9.59 Å². The van der Waals surface area contributed by atoms with Crippen LogP contribution in [-0.4, -0.2) is 33.6 Å². The zero-order chi connectivity index (χ0) is 21.0. The Kier molecular flexibility index (Phi) is 6.43. The molecule has 29 heavy (non-hydrogen) atoms. The molecule has 1 aromatic heterocycles.